The van der Waals surface area contributed by atoms with Gasteiger partial charge in [0.15, 0.2) is 0 Å². The van der Waals surface area contributed by atoms with Gasteiger partial charge in [-0.05, 0) is 27.8 Å². The van der Waals surface area contributed by atoms with Gasteiger partial charge in [-0.2, -0.15) is 0 Å². The van der Waals surface area contributed by atoms with Crippen LogP contribution in [0, 0.1) is 0 Å². The Morgan fingerprint density at radius 2 is 2.33 bits per heavy atom. The van der Waals surface area contributed by atoms with E-state index in [1.807, 2.05) is 13.2 Å². The summed E-state index contributed by atoms with van der Waals surface area (Å²) < 4.78 is 5.92. The molecule has 18 heavy (non-hydrogen) atoms. The summed E-state index contributed by atoms with van der Waals surface area (Å²) in [7, 11) is 1.93. The minimum Gasteiger partial charge on any atom is -0.369 e. The molecule has 1 aromatic heterocycles. The lowest BCUT2D eigenvalue weighted by Crippen LogP contribution is -2.52. The van der Waals surface area contributed by atoms with Crippen LogP contribution >= 0.6 is 0 Å². The van der Waals surface area contributed by atoms with Crippen molar-refractivity contribution in [2.45, 2.75) is 39.0 Å². The van der Waals surface area contributed by atoms with E-state index in [-0.39, 0.29) is 11.7 Å². The average Bonchev–Trinajstić information content (AvgIpc) is 2.27. The summed E-state index contributed by atoms with van der Waals surface area (Å²) in [6, 6.07) is 0. The van der Waals surface area contributed by atoms with E-state index < -0.39 is 0 Å². The van der Waals surface area contributed by atoms with Crippen molar-refractivity contribution >= 4 is 5.82 Å². The number of aromatic nitrogens is 2. The molecule has 1 aliphatic heterocycles. The van der Waals surface area contributed by atoms with Crippen LogP contribution < -0.4 is 10.2 Å². The number of nitrogens with one attached hydrogen (secondary N) is 1. The predicted molar refractivity (Wildman–Crippen MR) is 71.6 cm³/mol. The highest BCUT2D eigenvalue weighted by Crippen LogP contribution is 2.26. The van der Waals surface area contributed by atoms with E-state index in [9.17, 15) is 0 Å². The van der Waals surface area contributed by atoms with E-state index in [4.69, 9.17) is 4.74 Å². The quantitative estimate of drug-likeness (QED) is 0.873. The summed E-state index contributed by atoms with van der Waals surface area (Å²) in [5.41, 5.74) is 0.990. The molecule has 1 N–H and O–H groups in total. The zero-order chi connectivity index (χ0) is 13.2. The minimum absolute atomic E-state index is 0.139. The smallest absolute Gasteiger partial charge is 0.136 e. The third kappa shape index (κ3) is 2.97. The lowest BCUT2D eigenvalue weighted by molar-refractivity contribution is -0.0752. The first-order valence-electron chi connectivity index (χ1n) is 6.38. The molecule has 1 fully saturated rings. The van der Waals surface area contributed by atoms with Crippen molar-refractivity contribution in [3.05, 3.63) is 18.1 Å². The number of morpholine rings is 1. The summed E-state index contributed by atoms with van der Waals surface area (Å²) in [6.45, 7) is 8.85. The fraction of sp³-hybridized carbons (Fsp3) is 0.692. The van der Waals surface area contributed by atoms with Gasteiger partial charge in [-0.15, -0.1) is 0 Å². The Labute approximate surface area is 109 Å². The third-order valence-electron chi connectivity index (χ3n) is 3.00. The van der Waals surface area contributed by atoms with Gasteiger partial charge < -0.3 is 15.0 Å². The zero-order valence-corrected chi connectivity index (χ0v) is 11.6. The Kier molecular flexibility index (Phi) is 3.82. The maximum absolute atomic E-state index is 5.92. The van der Waals surface area contributed by atoms with Crippen LogP contribution in [-0.4, -0.2) is 41.8 Å². The summed E-state index contributed by atoms with van der Waals surface area (Å²) in [5.74, 6) is 1.02. The average molecular weight is 250 g/mol. The third-order valence-corrected chi connectivity index (χ3v) is 3.00. The molecule has 0 radical (unpaired) electrons. The lowest BCUT2D eigenvalue weighted by Gasteiger charge is -2.42. The first kappa shape index (κ1) is 13.2. The minimum atomic E-state index is -0.139. The maximum atomic E-state index is 5.92. The molecule has 5 nitrogen and oxygen atoms in total. The first-order chi connectivity index (χ1) is 8.52. The van der Waals surface area contributed by atoms with Gasteiger partial charge >= 0.3 is 0 Å². The maximum Gasteiger partial charge on any atom is 0.136 e. The summed E-state index contributed by atoms with van der Waals surface area (Å²) in [5, 5.41) is 3.16. The summed E-state index contributed by atoms with van der Waals surface area (Å²) >= 11 is 0. The molecule has 0 aliphatic carbocycles. The standard InChI is InChI=1S/C13H22N4O/c1-10-7-17(8-13(2,3)18-10)12-11(5-14-4)6-15-9-16-12/h6,9-10,14H,5,7-8H2,1-4H3. The van der Waals surface area contributed by atoms with Gasteiger partial charge in [0.1, 0.15) is 12.1 Å². The zero-order valence-electron chi connectivity index (χ0n) is 11.6. The largest absolute Gasteiger partial charge is 0.369 e. The van der Waals surface area contributed by atoms with Gasteiger partial charge in [-0.1, -0.05) is 0 Å². The normalized spacial score (nSPS) is 23.1. The van der Waals surface area contributed by atoms with Crippen molar-refractivity contribution < 1.29 is 4.74 Å². The highest BCUT2D eigenvalue weighted by Gasteiger charge is 2.32. The first-order valence-corrected chi connectivity index (χ1v) is 6.38. The molecule has 1 atom stereocenters. The number of hydrogen-bond donors (Lipinski definition) is 1. The number of anilines is 1. The van der Waals surface area contributed by atoms with Crippen molar-refractivity contribution in [1.82, 2.24) is 15.3 Å². The van der Waals surface area contributed by atoms with E-state index in [0.29, 0.717) is 0 Å². The molecule has 5 heteroatoms. The molecule has 2 heterocycles. The van der Waals surface area contributed by atoms with Crippen LogP contribution in [0.1, 0.15) is 26.3 Å². The molecule has 0 spiro atoms. The monoisotopic (exact) mass is 250 g/mol. The van der Waals surface area contributed by atoms with Crippen LogP contribution in [0.15, 0.2) is 12.5 Å². The molecule has 1 saturated heterocycles. The van der Waals surface area contributed by atoms with Crippen molar-refractivity contribution in [1.29, 1.82) is 0 Å². The fourth-order valence-corrected chi connectivity index (χ4v) is 2.57. The fourth-order valence-electron chi connectivity index (χ4n) is 2.57. The van der Waals surface area contributed by atoms with Crippen molar-refractivity contribution in [3.8, 4) is 0 Å². The number of rotatable bonds is 3. The molecule has 100 valence electrons. The van der Waals surface area contributed by atoms with E-state index >= 15 is 0 Å². The van der Waals surface area contributed by atoms with Crippen molar-refractivity contribution in [3.63, 3.8) is 0 Å². The topological polar surface area (TPSA) is 50.3 Å². The number of nitrogens with zero attached hydrogens (tertiary/aromatic N) is 3. The van der Waals surface area contributed by atoms with E-state index in [1.54, 1.807) is 6.33 Å². The van der Waals surface area contributed by atoms with Crippen LogP contribution in [0.3, 0.4) is 0 Å². The van der Waals surface area contributed by atoms with E-state index in [0.717, 1.165) is 31.0 Å². The molecule has 1 unspecified atom stereocenters. The molecule has 0 saturated carbocycles. The second-order valence-electron chi connectivity index (χ2n) is 5.47. The molecule has 0 amide bonds. The lowest BCUT2D eigenvalue weighted by atomic mass is 10.1. The van der Waals surface area contributed by atoms with Gasteiger partial charge in [0.2, 0.25) is 0 Å². The molecular formula is C13H22N4O. The second-order valence-corrected chi connectivity index (χ2v) is 5.47. The Balaban J connectivity index is 2.25. The van der Waals surface area contributed by atoms with Gasteiger partial charge in [-0.25, -0.2) is 9.97 Å². The number of ether oxygens (including phenoxy) is 1. The highest BCUT2D eigenvalue weighted by molar-refractivity contribution is 5.46. The van der Waals surface area contributed by atoms with Crippen LogP contribution in [0.4, 0.5) is 5.82 Å². The van der Waals surface area contributed by atoms with Crippen LogP contribution in [0.5, 0.6) is 0 Å². The van der Waals surface area contributed by atoms with Gasteiger partial charge in [-0.3, -0.25) is 0 Å². The Morgan fingerprint density at radius 1 is 1.56 bits per heavy atom. The molecule has 0 bridgehead atoms. The Morgan fingerprint density at radius 3 is 3.00 bits per heavy atom. The van der Waals surface area contributed by atoms with Crippen LogP contribution in [-0.2, 0) is 11.3 Å². The van der Waals surface area contributed by atoms with Gasteiger partial charge in [0.05, 0.1) is 11.7 Å². The molecule has 2 rings (SSSR count). The van der Waals surface area contributed by atoms with E-state index in [2.05, 4.69) is 41.0 Å². The summed E-state index contributed by atoms with van der Waals surface area (Å²) in [6.07, 6.45) is 3.71. The van der Waals surface area contributed by atoms with Crippen LogP contribution in [0.2, 0.25) is 0 Å². The SMILES string of the molecule is CNCc1cncnc1N1CC(C)OC(C)(C)C1. The van der Waals surface area contributed by atoms with Crippen LogP contribution in [0.25, 0.3) is 0 Å². The molecule has 1 aromatic rings. The molecule has 1 aliphatic rings. The second kappa shape index (κ2) is 5.20. The Bertz CT molecular complexity index is 408. The van der Waals surface area contributed by atoms with E-state index in [1.165, 1.54) is 0 Å². The van der Waals surface area contributed by atoms with Crippen molar-refractivity contribution in [2.24, 2.45) is 0 Å². The predicted octanol–water partition coefficient (Wildman–Crippen LogP) is 1.20. The highest BCUT2D eigenvalue weighted by atomic mass is 16.5. The Hall–Kier alpha value is -1.20. The van der Waals surface area contributed by atoms with Crippen molar-refractivity contribution in [2.75, 3.05) is 25.0 Å². The number of hydrogen-bond acceptors (Lipinski definition) is 5. The van der Waals surface area contributed by atoms with Gasteiger partial charge in [0.25, 0.3) is 0 Å². The van der Waals surface area contributed by atoms with Gasteiger partial charge in [0, 0.05) is 31.4 Å². The molecular weight excluding hydrogens is 228 g/mol. The summed E-state index contributed by atoms with van der Waals surface area (Å²) in [4.78, 5) is 10.8. The molecule has 0 aromatic carbocycles.